The van der Waals surface area contributed by atoms with Gasteiger partial charge >= 0.3 is 5.25 Å². The molecule has 1 heterocycles. The third kappa shape index (κ3) is 2.89. The first-order valence-corrected chi connectivity index (χ1v) is 8.96. The molecule has 0 bridgehead atoms. The number of ether oxygens (including phenoxy) is 1. The highest BCUT2D eigenvalue weighted by Crippen LogP contribution is 2.52. The predicted octanol–water partition coefficient (Wildman–Crippen LogP) is 3.46. The van der Waals surface area contributed by atoms with Gasteiger partial charge in [0.2, 0.25) is 9.84 Å². The molecule has 0 fully saturated rings. The molecule has 1 aromatic rings. The highest BCUT2D eigenvalue weighted by atomic mass is 32.2. The van der Waals surface area contributed by atoms with E-state index in [1.807, 2.05) is 0 Å². The summed E-state index contributed by atoms with van der Waals surface area (Å²) in [6.07, 6.45) is -2.79. The van der Waals surface area contributed by atoms with E-state index in [2.05, 4.69) is 0 Å². The summed E-state index contributed by atoms with van der Waals surface area (Å²) in [7, 11) is -5.23. The molecule has 0 saturated heterocycles. The number of nitrogens with zero attached hydrogens (tertiary/aromatic N) is 1. The number of hydrogen-bond acceptors (Lipinski definition) is 5. The Morgan fingerprint density at radius 1 is 1.33 bits per heavy atom. The van der Waals surface area contributed by atoms with Crippen LogP contribution in [-0.2, 0) is 9.84 Å². The van der Waals surface area contributed by atoms with Crippen molar-refractivity contribution in [3.05, 3.63) is 46.8 Å². The van der Waals surface area contributed by atoms with Crippen molar-refractivity contribution >= 4 is 9.84 Å². The topological polar surface area (TPSA) is 93.2 Å². The SMILES string of the molecule is N#CC1=CC(Oc2ccc3c(c2C(F)F)[C@@H](N)C(F)(F)S3(=O)=O)CC(F)=C1. The number of fused-ring (bicyclic) bond motifs is 1. The van der Waals surface area contributed by atoms with Gasteiger partial charge in [-0.1, -0.05) is 0 Å². The zero-order chi connectivity index (χ0) is 20.1. The van der Waals surface area contributed by atoms with Gasteiger partial charge in [-0.05, 0) is 24.3 Å². The minimum Gasteiger partial charge on any atom is -0.485 e. The first kappa shape index (κ1) is 19.3. The van der Waals surface area contributed by atoms with Gasteiger partial charge in [0.1, 0.15) is 23.7 Å². The predicted molar refractivity (Wildman–Crippen MR) is 82.4 cm³/mol. The standard InChI is InChI=1S/C16H11F5N2O3S/c17-8-3-7(6-22)4-9(5-8)26-10-1-2-11-13(12(10)15(18)19)14(23)16(20,21)27(11,24)25/h1-4,9,14-15H,5,23H2/t9?,14-/m1/s1. The Morgan fingerprint density at radius 2 is 2.00 bits per heavy atom. The van der Waals surface area contributed by atoms with E-state index in [1.54, 1.807) is 6.07 Å². The summed E-state index contributed by atoms with van der Waals surface area (Å²) in [5.74, 6) is -1.34. The zero-order valence-corrected chi connectivity index (χ0v) is 14.1. The van der Waals surface area contributed by atoms with Crippen LogP contribution in [-0.4, -0.2) is 19.8 Å². The Hall–Kier alpha value is -2.45. The molecule has 0 amide bonds. The molecule has 1 aliphatic heterocycles. The van der Waals surface area contributed by atoms with Gasteiger partial charge in [0.15, 0.2) is 0 Å². The van der Waals surface area contributed by atoms with Crippen LogP contribution in [0.1, 0.15) is 30.0 Å². The van der Waals surface area contributed by atoms with Gasteiger partial charge in [0, 0.05) is 12.0 Å². The number of benzene rings is 1. The van der Waals surface area contributed by atoms with Crippen LogP contribution < -0.4 is 10.5 Å². The van der Waals surface area contributed by atoms with Crippen molar-refractivity contribution in [2.45, 2.75) is 35.1 Å². The summed E-state index contributed by atoms with van der Waals surface area (Å²) in [4.78, 5) is -0.995. The number of alkyl halides is 4. The Labute approximate surface area is 150 Å². The first-order chi connectivity index (χ1) is 12.5. The molecule has 5 nitrogen and oxygen atoms in total. The summed E-state index contributed by atoms with van der Waals surface area (Å²) >= 11 is 0. The van der Waals surface area contributed by atoms with Gasteiger partial charge in [0.25, 0.3) is 6.43 Å². The fourth-order valence-corrected chi connectivity index (χ4v) is 4.52. The number of halogens is 5. The maximum atomic E-state index is 14.0. The van der Waals surface area contributed by atoms with E-state index >= 15 is 0 Å². The van der Waals surface area contributed by atoms with Crippen LogP contribution >= 0.6 is 0 Å². The average molecular weight is 406 g/mol. The van der Waals surface area contributed by atoms with Crippen molar-refractivity contribution in [2.75, 3.05) is 0 Å². The molecule has 3 rings (SSSR count). The number of nitrogens with two attached hydrogens (primary N) is 1. The van der Waals surface area contributed by atoms with E-state index in [1.165, 1.54) is 6.08 Å². The molecule has 0 radical (unpaired) electrons. The van der Waals surface area contributed by atoms with Gasteiger partial charge < -0.3 is 10.5 Å². The molecule has 1 aliphatic carbocycles. The van der Waals surface area contributed by atoms with Crippen LogP contribution in [0.4, 0.5) is 22.0 Å². The second-order valence-electron chi connectivity index (χ2n) is 5.92. The van der Waals surface area contributed by atoms with E-state index in [-0.39, 0.29) is 12.0 Å². The minimum absolute atomic E-state index is 0.102. The van der Waals surface area contributed by atoms with Crippen molar-refractivity contribution in [1.82, 2.24) is 0 Å². The highest BCUT2D eigenvalue weighted by molar-refractivity contribution is 7.92. The molecule has 1 unspecified atom stereocenters. The van der Waals surface area contributed by atoms with Crippen LogP contribution in [0.3, 0.4) is 0 Å². The molecule has 2 N–H and O–H groups in total. The van der Waals surface area contributed by atoms with E-state index in [0.29, 0.717) is 6.07 Å². The average Bonchev–Trinajstić information content (AvgIpc) is 2.71. The third-order valence-electron chi connectivity index (χ3n) is 4.23. The number of rotatable bonds is 3. The molecular weight excluding hydrogens is 395 g/mol. The van der Waals surface area contributed by atoms with E-state index < -0.39 is 61.3 Å². The van der Waals surface area contributed by atoms with Gasteiger partial charge in [-0.15, -0.1) is 0 Å². The molecule has 1 aromatic carbocycles. The van der Waals surface area contributed by atoms with E-state index in [9.17, 15) is 30.4 Å². The Bertz CT molecular complexity index is 1010. The molecule has 2 atom stereocenters. The van der Waals surface area contributed by atoms with Crippen molar-refractivity contribution in [3.8, 4) is 11.8 Å². The second-order valence-corrected chi connectivity index (χ2v) is 7.91. The number of sulfone groups is 1. The van der Waals surface area contributed by atoms with Crippen molar-refractivity contribution < 1.29 is 35.1 Å². The van der Waals surface area contributed by atoms with Crippen LogP contribution in [0.5, 0.6) is 5.75 Å². The summed E-state index contributed by atoms with van der Waals surface area (Å²) in [6, 6.07) is 0.673. The first-order valence-electron chi connectivity index (χ1n) is 7.48. The third-order valence-corrected chi connectivity index (χ3v) is 6.13. The Kier molecular flexibility index (Phi) is 4.52. The van der Waals surface area contributed by atoms with Crippen molar-refractivity contribution in [2.24, 2.45) is 5.73 Å². The fraction of sp³-hybridized carbons (Fsp3) is 0.312. The molecule has 0 saturated carbocycles. The van der Waals surface area contributed by atoms with Crippen LogP contribution in [0.15, 0.2) is 40.6 Å². The summed E-state index contributed by atoms with van der Waals surface area (Å²) < 4.78 is 97.8. The normalized spacial score (nSPS) is 25.4. The molecule has 0 aromatic heterocycles. The lowest BCUT2D eigenvalue weighted by Gasteiger charge is -2.22. The summed E-state index contributed by atoms with van der Waals surface area (Å²) in [6.45, 7) is 0. The number of allylic oxidation sites excluding steroid dienone is 2. The van der Waals surface area contributed by atoms with Gasteiger partial charge in [0.05, 0.1) is 22.1 Å². The van der Waals surface area contributed by atoms with Gasteiger partial charge in [-0.2, -0.15) is 14.0 Å². The molecule has 27 heavy (non-hydrogen) atoms. The molecule has 2 aliphatic rings. The maximum Gasteiger partial charge on any atom is 0.368 e. The summed E-state index contributed by atoms with van der Waals surface area (Å²) in [5.41, 5.74) is 3.14. The minimum atomic E-state index is -5.23. The quantitative estimate of drug-likeness (QED) is 0.776. The van der Waals surface area contributed by atoms with E-state index in [0.717, 1.165) is 12.1 Å². The molecular formula is C16H11F5N2O3S. The second kappa shape index (κ2) is 6.31. The van der Waals surface area contributed by atoms with Crippen LogP contribution in [0, 0.1) is 11.3 Å². The molecule has 0 spiro atoms. The van der Waals surface area contributed by atoms with Crippen LogP contribution in [0.25, 0.3) is 0 Å². The highest BCUT2D eigenvalue weighted by Gasteiger charge is 2.60. The van der Waals surface area contributed by atoms with Crippen LogP contribution in [0.2, 0.25) is 0 Å². The zero-order valence-electron chi connectivity index (χ0n) is 13.3. The summed E-state index contributed by atoms with van der Waals surface area (Å²) in [5, 5.41) is 4.39. The van der Waals surface area contributed by atoms with Gasteiger partial charge in [-0.3, -0.25) is 0 Å². The van der Waals surface area contributed by atoms with E-state index in [4.69, 9.17) is 15.7 Å². The van der Waals surface area contributed by atoms with Gasteiger partial charge in [-0.25, -0.2) is 21.6 Å². The molecule has 11 heteroatoms. The van der Waals surface area contributed by atoms with Crippen molar-refractivity contribution in [3.63, 3.8) is 0 Å². The number of hydrogen-bond donors (Lipinski definition) is 1. The largest absolute Gasteiger partial charge is 0.485 e. The lowest BCUT2D eigenvalue weighted by Crippen LogP contribution is -2.34. The molecule has 144 valence electrons. The monoisotopic (exact) mass is 406 g/mol. The maximum absolute atomic E-state index is 14.0. The lowest BCUT2D eigenvalue weighted by atomic mass is 9.99. The number of nitriles is 1. The fourth-order valence-electron chi connectivity index (χ4n) is 3.00. The van der Waals surface area contributed by atoms with Crippen molar-refractivity contribution in [1.29, 1.82) is 5.26 Å². The lowest BCUT2D eigenvalue weighted by molar-refractivity contribution is 0.0660. The Balaban J connectivity index is 2.11. The Morgan fingerprint density at radius 3 is 2.59 bits per heavy atom. The smallest absolute Gasteiger partial charge is 0.368 e.